The third kappa shape index (κ3) is 6.13. The van der Waals surface area contributed by atoms with Gasteiger partial charge in [-0.15, -0.1) is 0 Å². The number of hydrogen-bond acceptors (Lipinski definition) is 4. The largest absolute Gasteiger partial charge is 0.366 e. The summed E-state index contributed by atoms with van der Waals surface area (Å²) in [5.74, 6) is -2.74. The average molecular weight is 475 g/mol. The van der Waals surface area contributed by atoms with Gasteiger partial charge in [-0.25, -0.2) is 13.8 Å². The Labute approximate surface area is 193 Å². The first-order valence-corrected chi connectivity index (χ1v) is 10.1. The molecule has 0 aliphatic heterocycles. The summed E-state index contributed by atoms with van der Waals surface area (Å²) in [6, 6.07) is 10.1. The molecule has 0 unspecified atom stereocenters. The summed E-state index contributed by atoms with van der Waals surface area (Å²) in [6.45, 7) is 2.17. The Balaban J connectivity index is 1.58. The number of anilines is 1. The Morgan fingerprint density at radius 1 is 1.09 bits per heavy atom. The molecule has 1 heterocycles. The molecule has 0 aliphatic rings. The molecule has 1 aromatic heterocycles. The van der Waals surface area contributed by atoms with Gasteiger partial charge in [0.25, 0.3) is 11.8 Å². The van der Waals surface area contributed by atoms with Gasteiger partial charge in [0.2, 0.25) is 0 Å². The molecule has 3 N–H and O–H groups in total. The van der Waals surface area contributed by atoms with E-state index in [4.69, 9.17) is 11.6 Å². The van der Waals surface area contributed by atoms with Crippen LogP contribution in [0, 0.1) is 11.6 Å². The molecule has 2 amide bonds. The lowest BCUT2D eigenvalue weighted by molar-refractivity contribution is 0.0945. The zero-order chi connectivity index (χ0) is 24.1. The molecule has 8 nitrogen and oxygen atoms in total. The Bertz CT molecular complexity index is 1210. The number of halogens is 3. The van der Waals surface area contributed by atoms with Crippen molar-refractivity contribution in [3.63, 3.8) is 0 Å². The monoisotopic (exact) mass is 474 g/mol. The van der Waals surface area contributed by atoms with Crippen LogP contribution in [-0.2, 0) is 6.54 Å². The van der Waals surface area contributed by atoms with Gasteiger partial charge in [-0.05, 0) is 36.8 Å². The summed E-state index contributed by atoms with van der Waals surface area (Å²) in [5, 5.41) is 11.2. The molecule has 0 bridgehead atoms. The number of aliphatic imine (C=N–C) groups is 1. The van der Waals surface area contributed by atoms with E-state index in [0.29, 0.717) is 12.1 Å². The highest BCUT2D eigenvalue weighted by Gasteiger charge is 2.17. The van der Waals surface area contributed by atoms with Gasteiger partial charge in [0.05, 0.1) is 16.3 Å². The average Bonchev–Trinajstić information content (AvgIpc) is 3.24. The van der Waals surface area contributed by atoms with E-state index in [1.807, 2.05) is 50.2 Å². The number of hydrogen-bond donors (Lipinski definition) is 3. The molecule has 11 heteroatoms. The third-order valence-electron chi connectivity index (χ3n) is 4.65. The summed E-state index contributed by atoms with van der Waals surface area (Å²) in [6.07, 6.45) is 0. The topological polar surface area (TPSA) is 102 Å². The molecule has 2 aromatic carbocycles. The van der Waals surface area contributed by atoms with Gasteiger partial charge in [0.1, 0.15) is 11.5 Å². The van der Waals surface area contributed by atoms with Gasteiger partial charge in [-0.1, -0.05) is 23.7 Å². The summed E-state index contributed by atoms with van der Waals surface area (Å²) in [7, 11) is 3.82. The molecular weight excluding hydrogens is 454 g/mol. The zero-order valence-corrected chi connectivity index (χ0v) is 18.8. The van der Waals surface area contributed by atoms with Gasteiger partial charge in [-0.3, -0.25) is 14.7 Å². The number of aromatic amines is 1. The Hall–Kier alpha value is -3.79. The fourth-order valence-electron chi connectivity index (χ4n) is 2.64. The fraction of sp³-hybridized carbons (Fsp3) is 0.182. The molecule has 0 saturated carbocycles. The summed E-state index contributed by atoms with van der Waals surface area (Å²) >= 11 is 5.80. The maximum absolute atomic E-state index is 13.4. The number of carbonyl (C=O) groups excluding carboxylic acids is 2. The quantitative estimate of drug-likeness (QED) is 0.284. The van der Waals surface area contributed by atoms with Crippen molar-refractivity contribution in [2.24, 2.45) is 4.99 Å². The first kappa shape index (κ1) is 23.9. The second-order valence-corrected chi connectivity index (χ2v) is 7.68. The maximum Gasteiger partial charge on any atom is 0.269 e. The fourth-order valence-corrected chi connectivity index (χ4v) is 2.87. The summed E-state index contributed by atoms with van der Waals surface area (Å²) < 4.78 is 26.6. The second-order valence-electron chi connectivity index (χ2n) is 7.27. The highest BCUT2D eigenvalue weighted by molar-refractivity contribution is 6.34. The van der Waals surface area contributed by atoms with Crippen LogP contribution in [0.15, 0.2) is 47.5 Å². The van der Waals surface area contributed by atoms with E-state index in [1.165, 1.54) is 6.07 Å². The molecule has 3 aromatic rings. The van der Waals surface area contributed by atoms with Crippen LogP contribution in [0.3, 0.4) is 0 Å². The van der Waals surface area contributed by atoms with Crippen LogP contribution in [0.2, 0.25) is 5.02 Å². The van der Waals surface area contributed by atoms with E-state index < -0.39 is 23.4 Å². The standard InChI is InChI=1S/C22H21ClF2N6O2/c1-12(31(2)3)27-14-6-4-13(5-7-14)11-26-22(33)19-10-20(30-29-19)28-21(32)15-8-17(24)18(25)9-16(15)23/h4-10H,11H2,1-3H3,(H,26,33)(H2,28,29,30,32). The van der Waals surface area contributed by atoms with Crippen molar-refractivity contribution >= 4 is 40.8 Å². The first-order valence-electron chi connectivity index (χ1n) is 9.75. The molecule has 33 heavy (non-hydrogen) atoms. The number of rotatable bonds is 6. The molecule has 0 aliphatic carbocycles. The van der Waals surface area contributed by atoms with Crippen molar-refractivity contribution in [2.45, 2.75) is 13.5 Å². The first-order chi connectivity index (χ1) is 15.6. The van der Waals surface area contributed by atoms with Crippen molar-refractivity contribution < 1.29 is 18.4 Å². The van der Waals surface area contributed by atoms with Crippen LogP contribution in [0.25, 0.3) is 0 Å². The van der Waals surface area contributed by atoms with Gasteiger partial charge in [0.15, 0.2) is 17.5 Å². The van der Waals surface area contributed by atoms with E-state index in [2.05, 4.69) is 25.8 Å². The van der Waals surface area contributed by atoms with Crippen molar-refractivity contribution in [3.05, 3.63) is 75.9 Å². The van der Waals surface area contributed by atoms with E-state index in [1.54, 1.807) is 0 Å². The minimum atomic E-state index is -1.21. The molecule has 0 atom stereocenters. The molecule has 3 rings (SSSR count). The van der Waals surface area contributed by atoms with E-state index in [0.717, 1.165) is 17.1 Å². The van der Waals surface area contributed by atoms with Crippen LogP contribution in [0.4, 0.5) is 20.3 Å². The lowest BCUT2D eigenvalue weighted by atomic mass is 10.2. The van der Waals surface area contributed by atoms with Crippen molar-refractivity contribution in [2.75, 3.05) is 19.4 Å². The minimum absolute atomic E-state index is 0.0180. The SMILES string of the molecule is CC(=Nc1ccc(CNC(=O)c2cc(NC(=O)c3cc(F)c(F)cc3Cl)n[nH]2)cc1)N(C)C. The van der Waals surface area contributed by atoms with Crippen LogP contribution < -0.4 is 10.6 Å². The lowest BCUT2D eigenvalue weighted by Crippen LogP contribution is -2.23. The van der Waals surface area contributed by atoms with Gasteiger partial charge >= 0.3 is 0 Å². The van der Waals surface area contributed by atoms with Crippen LogP contribution in [0.5, 0.6) is 0 Å². The predicted octanol–water partition coefficient (Wildman–Crippen LogP) is 4.14. The highest BCUT2D eigenvalue weighted by atomic mass is 35.5. The van der Waals surface area contributed by atoms with Crippen molar-refractivity contribution in [3.8, 4) is 0 Å². The number of amides is 2. The molecule has 0 radical (unpaired) electrons. The number of benzene rings is 2. The van der Waals surface area contributed by atoms with Crippen LogP contribution >= 0.6 is 11.6 Å². The van der Waals surface area contributed by atoms with Crippen molar-refractivity contribution in [1.82, 2.24) is 20.4 Å². The van der Waals surface area contributed by atoms with E-state index in [-0.39, 0.29) is 28.6 Å². The number of aromatic nitrogens is 2. The van der Waals surface area contributed by atoms with Gasteiger partial charge in [-0.2, -0.15) is 5.10 Å². The molecule has 172 valence electrons. The van der Waals surface area contributed by atoms with Crippen LogP contribution in [-0.4, -0.2) is 46.8 Å². The van der Waals surface area contributed by atoms with Crippen molar-refractivity contribution in [1.29, 1.82) is 0 Å². The molecular formula is C22H21ClF2N6O2. The predicted molar refractivity (Wildman–Crippen MR) is 122 cm³/mol. The highest BCUT2D eigenvalue weighted by Crippen LogP contribution is 2.21. The number of H-pyrrole nitrogens is 1. The number of nitrogens with zero attached hydrogens (tertiary/aromatic N) is 3. The summed E-state index contributed by atoms with van der Waals surface area (Å²) in [4.78, 5) is 31.0. The Kier molecular flexibility index (Phi) is 7.39. The van der Waals surface area contributed by atoms with E-state index in [9.17, 15) is 18.4 Å². The number of carbonyl (C=O) groups is 2. The maximum atomic E-state index is 13.4. The Morgan fingerprint density at radius 2 is 1.76 bits per heavy atom. The zero-order valence-electron chi connectivity index (χ0n) is 18.0. The van der Waals surface area contributed by atoms with Gasteiger partial charge in [0, 0.05) is 26.7 Å². The normalized spacial score (nSPS) is 11.3. The second kappa shape index (κ2) is 10.2. The number of nitrogens with one attached hydrogen (secondary N) is 3. The van der Waals surface area contributed by atoms with Gasteiger partial charge < -0.3 is 15.5 Å². The minimum Gasteiger partial charge on any atom is -0.366 e. The molecule has 0 fully saturated rings. The lowest BCUT2D eigenvalue weighted by Gasteiger charge is -2.11. The van der Waals surface area contributed by atoms with Crippen LogP contribution in [0.1, 0.15) is 33.3 Å². The Morgan fingerprint density at radius 3 is 2.42 bits per heavy atom. The summed E-state index contributed by atoms with van der Waals surface area (Å²) in [5.41, 5.74) is 1.50. The molecule has 0 spiro atoms. The molecule has 0 saturated heterocycles. The number of amidine groups is 1. The smallest absolute Gasteiger partial charge is 0.269 e. The van der Waals surface area contributed by atoms with E-state index >= 15 is 0 Å². The third-order valence-corrected chi connectivity index (χ3v) is 4.96.